The van der Waals surface area contributed by atoms with Crippen LogP contribution in [0.4, 0.5) is 5.69 Å². The van der Waals surface area contributed by atoms with Gasteiger partial charge in [-0.1, -0.05) is 23.8 Å². The molecule has 0 saturated heterocycles. The molecule has 0 atom stereocenters. The number of nitrogens with zero attached hydrogens (tertiary/aromatic N) is 1. The monoisotopic (exact) mass is 279 g/mol. The van der Waals surface area contributed by atoms with E-state index in [1.54, 1.807) is 6.20 Å². The Bertz CT molecular complexity index is 810. The number of rotatable bonds is 2. The van der Waals surface area contributed by atoms with Crippen molar-refractivity contribution in [2.75, 3.05) is 5.32 Å². The zero-order valence-corrected chi connectivity index (χ0v) is 12.3. The van der Waals surface area contributed by atoms with Gasteiger partial charge in [-0.2, -0.15) is 5.10 Å². The van der Waals surface area contributed by atoms with E-state index < -0.39 is 0 Å². The van der Waals surface area contributed by atoms with E-state index in [-0.39, 0.29) is 5.91 Å². The minimum atomic E-state index is -0.114. The number of aryl methyl sites for hydroxylation is 3. The Balaban J connectivity index is 1.99. The Morgan fingerprint density at radius 1 is 1.14 bits per heavy atom. The van der Waals surface area contributed by atoms with Crippen LogP contribution in [0.15, 0.2) is 36.5 Å². The predicted molar refractivity (Wildman–Crippen MR) is 84.7 cm³/mol. The summed E-state index contributed by atoms with van der Waals surface area (Å²) in [4.78, 5) is 12.6. The van der Waals surface area contributed by atoms with Crippen LogP contribution in [0, 0.1) is 20.8 Å². The number of aromatic amines is 1. The van der Waals surface area contributed by atoms with Gasteiger partial charge in [0.05, 0.1) is 17.3 Å². The maximum atomic E-state index is 12.6. The van der Waals surface area contributed by atoms with Crippen molar-refractivity contribution in [3.8, 4) is 0 Å². The first-order chi connectivity index (χ1) is 10.1. The molecule has 1 heterocycles. The molecule has 3 rings (SSSR count). The number of H-pyrrole nitrogens is 1. The highest BCUT2D eigenvalue weighted by Crippen LogP contribution is 2.24. The zero-order valence-electron chi connectivity index (χ0n) is 12.3. The zero-order chi connectivity index (χ0) is 15.0. The quantitative estimate of drug-likeness (QED) is 0.750. The van der Waals surface area contributed by atoms with Crippen LogP contribution in [-0.2, 0) is 0 Å². The van der Waals surface area contributed by atoms with Crippen LogP contribution in [0.5, 0.6) is 0 Å². The summed E-state index contributed by atoms with van der Waals surface area (Å²) in [5.74, 6) is -0.114. The largest absolute Gasteiger partial charge is 0.321 e. The summed E-state index contributed by atoms with van der Waals surface area (Å²) in [5.41, 5.74) is 5.70. The van der Waals surface area contributed by atoms with Crippen LogP contribution < -0.4 is 5.32 Å². The van der Waals surface area contributed by atoms with Crippen molar-refractivity contribution in [3.05, 3.63) is 58.8 Å². The molecule has 0 bridgehead atoms. The summed E-state index contributed by atoms with van der Waals surface area (Å²) in [6.07, 6.45) is 1.68. The molecule has 1 amide bonds. The number of carbonyl (C=O) groups is 1. The third-order valence-corrected chi connectivity index (χ3v) is 3.64. The highest BCUT2D eigenvalue weighted by Gasteiger charge is 2.13. The average Bonchev–Trinajstić information content (AvgIpc) is 2.90. The van der Waals surface area contributed by atoms with E-state index in [0.29, 0.717) is 5.56 Å². The molecule has 106 valence electrons. The van der Waals surface area contributed by atoms with Crippen molar-refractivity contribution < 1.29 is 4.79 Å². The molecular weight excluding hydrogens is 262 g/mol. The summed E-state index contributed by atoms with van der Waals surface area (Å²) in [5, 5.41) is 10.7. The van der Waals surface area contributed by atoms with Gasteiger partial charge in [-0.3, -0.25) is 9.89 Å². The normalized spacial score (nSPS) is 10.8. The number of benzene rings is 2. The van der Waals surface area contributed by atoms with E-state index in [9.17, 15) is 4.79 Å². The lowest BCUT2D eigenvalue weighted by Crippen LogP contribution is -2.14. The van der Waals surface area contributed by atoms with Crippen molar-refractivity contribution in [1.29, 1.82) is 0 Å². The minimum Gasteiger partial charge on any atom is -0.321 e. The molecule has 0 fully saturated rings. The van der Waals surface area contributed by atoms with Gasteiger partial charge in [0, 0.05) is 11.1 Å². The fraction of sp³-hybridized carbons (Fsp3) is 0.176. The lowest BCUT2D eigenvalue weighted by Gasteiger charge is -2.13. The Morgan fingerprint density at radius 2 is 1.86 bits per heavy atom. The van der Waals surface area contributed by atoms with Crippen molar-refractivity contribution >= 4 is 22.5 Å². The molecular formula is C17H17N3O. The minimum absolute atomic E-state index is 0.114. The second kappa shape index (κ2) is 5.05. The molecule has 3 aromatic rings. The number of hydrogen-bond acceptors (Lipinski definition) is 2. The third-order valence-electron chi connectivity index (χ3n) is 3.64. The summed E-state index contributed by atoms with van der Waals surface area (Å²) in [6, 6.07) is 9.71. The Kier molecular flexibility index (Phi) is 3.22. The number of carbonyl (C=O) groups excluding carboxylic acids is 1. The summed E-state index contributed by atoms with van der Waals surface area (Å²) in [7, 11) is 0. The van der Waals surface area contributed by atoms with Gasteiger partial charge in [-0.25, -0.2) is 0 Å². The molecule has 0 radical (unpaired) electrons. The Hall–Kier alpha value is -2.62. The fourth-order valence-electron chi connectivity index (χ4n) is 2.72. The van der Waals surface area contributed by atoms with E-state index >= 15 is 0 Å². The standard InChI is InChI=1S/C17H17N3O/c1-10-7-11(2)16(12(3)8-10)19-17(21)13-5-4-6-15-14(13)9-18-20-15/h4-9H,1-3H3,(H,18,20)(H,19,21). The van der Waals surface area contributed by atoms with Gasteiger partial charge in [0.15, 0.2) is 0 Å². The van der Waals surface area contributed by atoms with Crippen LogP contribution in [-0.4, -0.2) is 16.1 Å². The highest BCUT2D eigenvalue weighted by molar-refractivity contribution is 6.12. The lowest BCUT2D eigenvalue weighted by molar-refractivity contribution is 0.102. The van der Waals surface area contributed by atoms with Crippen molar-refractivity contribution in [2.24, 2.45) is 0 Å². The first-order valence-corrected chi connectivity index (χ1v) is 6.87. The van der Waals surface area contributed by atoms with Crippen molar-refractivity contribution in [3.63, 3.8) is 0 Å². The van der Waals surface area contributed by atoms with Gasteiger partial charge >= 0.3 is 0 Å². The van der Waals surface area contributed by atoms with E-state index in [0.717, 1.165) is 27.7 Å². The van der Waals surface area contributed by atoms with Gasteiger partial charge < -0.3 is 5.32 Å². The molecule has 2 aromatic carbocycles. The van der Waals surface area contributed by atoms with E-state index in [1.807, 2.05) is 32.0 Å². The van der Waals surface area contributed by atoms with E-state index in [4.69, 9.17) is 0 Å². The average molecular weight is 279 g/mol. The van der Waals surface area contributed by atoms with Crippen LogP contribution in [0.1, 0.15) is 27.0 Å². The summed E-state index contributed by atoms with van der Waals surface area (Å²) >= 11 is 0. The molecule has 0 saturated carbocycles. The third kappa shape index (κ3) is 2.40. The summed E-state index contributed by atoms with van der Waals surface area (Å²) < 4.78 is 0. The molecule has 0 aliphatic carbocycles. The first kappa shape index (κ1) is 13.4. The van der Waals surface area contributed by atoms with Crippen LogP contribution >= 0.6 is 0 Å². The van der Waals surface area contributed by atoms with Gasteiger partial charge in [0.25, 0.3) is 5.91 Å². The summed E-state index contributed by atoms with van der Waals surface area (Å²) in [6.45, 7) is 6.07. The number of anilines is 1. The maximum absolute atomic E-state index is 12.6. The molecule has 0 unspecified atom stereocenters. The van der Waals surface area contributed by atoms with Gasteiger partial charge in [-0.05, 0) is 44.0 Å². The number of hydrogen-bond donors (Lipinski definition) is 2. The molecule has 21 heavy (non-hydrogen) atoms. The molecule has 2 N–H and O–H groups in total. The predicted octanol–water partition coefficient (Wildman–Crippen LogP) is 3.74. The topological polar surface area (TPSA) is 57.8 Å². The number of amides is 1. The molecule has 4 heteroatoms. The second-order valence-corrected chi connectivity index (χ2v) is 5.36. The highest BCUT2D eigenvalue weighted by atomic mass is 16.1. The smallest absolute Gasteiger partial charge is 0.256 e. The molecule has 0 spiro atoms. The number of aromatic nitrogens is 2. The molecule has 4 nitrogen and oxygen atoms in total. The fourth-order valence-corrected chi connectivity index (χ4v) is 2.72. The Labute approximate surface area is 123 Å². The molecule has 0 aliphatic heterocycles. The molecule has 1 aromatic heterocycles. The van der Waals surface area contributed by atoms with Crippen molar-refractivity contribution in [2.45, 2.75) is 20.8 Å². The SMILES string of the molecule is Cc1cc(C)c(NC(=O)c2cccc3[nH]ncc23)c(C)c1. The first-order valence-electron chi connectivity index (χ1n) is 6.87. The van der Waals surface area contributed by atoms with Crippen LogP contribution in [0.25, 0.3) is 10.9 Å². The van der Waals surface area contributed by atoms with E-state index in [2.05, 4.69) is 34.6 Å². The van der Waals surface area contributed by atoms with Crippen LogP contribution in [0.3, 0.4) is 0 Å². The van der Waals surface area contributed by atoms with Crippen molar-refractivity contribution in [1.82, 2.24) is 10.2 Å². The molecule has 0 aliphatic rings. The lowest BCUT2D eigenvalue weighted by atomic mass is 10.0. The van der Waals surface area contributed by atoms with Gasteiger partial charge in [0.2, 0.25) is 0 Å². The number of fused-ring (bicyclic) bond motifs is 1. The Morgan fingerprint density at radius 3 is 2.57 bits per heavy atom. The number of nitrogens with one attached hydrogen (secondary N) is 2. The van der Waals surface area contributed by atoms with Gasteiger partial charge in [0.1, 0.15) is 0 Å². The van der Waals surface area contributed by atoms with Crippen LogP contribution in [0.2, 0.25) is 0 Å². The van der Waals surface area contributed by atoms with Gasteiger partial charge in [-0.15, -0.1) is 0 Å². The van der Waals surface area contributed by atoms with E-state index in [1.165, 1.54) is 5.56 Å². The second-order valence-electron chi connectivity index (χ2n) is 5.36. The maximum Gasteiger partial charge on any atom is 0.256 e.